The number of ether oxygens (including phenoxy) is 1. The van der Waals surface area contributed by atoms with E-state index in [0.717, 1.165) is 30.6 Å². The number of pyridine rings is 1. The molecular weight excluding hydrogens is 406 g/mol. The molecule has 2 aliphatic heterocycles. The molecule has 4 rings (SSSR count). The van der Waals surface area contributed by atoms with Crippen LogP contribution in [-0.2, 0) is 17.9 Å². The van der Waals surface area contributed by atoms with Gasteiger partial charge in [0.15, 0.2) is 0 Å². The Labute approximate surface area is 188 Å². The molecule has 32 heavy (non-hydrogen) atoms. The third-order valence-electron chi connectivity index (χ3n) is 6.40. The number of amides is 2. The van der Waals surface area contributed by atoms with Crippen LogP contribution in [0.4, 0.5) is 0 Å². The summed E-state index contributed by atoms with van der Waals surface area (Å²) in [5, 5.41) is 12.1. The van der Waals surface area contributed by atoms with Crippen molar-refractivity contribution in [3.63, 3.8) is 0 Å². The lowest BCUT2D eigenvalue weighted by atomic mass is 9.96. The molecule has 2 atom stereocenters. The Bertz CT molecular complexity index is 1050. The Morgan fingerprint density at radius 3 is 2.75 bits per heavy atom. The number of likely N-dealkylation sites (tertiary alicyclic amines) is 1. The summed E-state index contributed by atoms with van der Waals surface area (Å²) < 4.78 is 7.57. The van der Waals surface area contributed by atoms with Gasteiger partial charge in [0, 0.05) is 25.3 Å². The third kappa shape index (κ3) is 4.13. The molecule has 2 aromatic heterocycles. The average Bonchev–Trinajstić information content (AvgIpc) is 3.40. The van der Waals surface area contributed by atoms with Crippen molar-refractivity contribution >= 4 is 11.8 Å². The highest BCUT2D eigenvalue weighted by Crippen LogP contribution is 2.27. The largest absolute Gasteiger partial charge is 0.373 e. The molecule has 1 fully saturated rings. The topological polar surface area (TPSA) is 100 Å². The third-order valence-corrected chi connectivity index (χ3v) is 6.40. The first-order chi connectivity index (χ1) is 15.4. The van der Waals surface area contributed by atoms with Gasteiger partial charge in [0.2, 0.25) is 0 Å². The Morgan fingerprint density at radius 1 is 1.31 bits per heavy atom. The predicted octanol–water partition coefficient (Wildman–Crippen LogP) is 3.04. The van der Waals surface area contributed by atoms with Crippen molar-refractivity contribution in [2.75, 3.05) is 13.2 Å². The van der Waals surface area contributed by atoms with Crippen LogP contribution in [0.3, 0.4) is 0 Å². The fraction of sp³-hybridized carbons (Fsp3) is 0.500. The van der Waals surface area contributed by atoms with Gasteiger partial charge in [-0.3, -0.25) is 9.59 Å². The van der Waals surface area contributed by atoms with Crippen molar-refractivity contribution in [1.29, 1.82) is 5.26 Å². The van der Waals surface area contributed by atoms with Crippen molar-refractivity contribution in [1.82, 2.24) is 19.8 Å². The zero-order chi connectivity index (χ0) is 22.8. The number of fused-ring (bicyclic) bond motifs is 1. The van der Waals surface area contributed by atoms with Crippen molar-refractivity contribution in [3.05, 3.63) is 52.6 Å². The van der Waals surface area contributed by atoms with Crippen LogP contribution in [-0.4, -0.2) is 45.5 Å². The van der Waals surface area contributed by atoms with E-state index in [4.69, 9.17) is 10.00 Å². The van der Waals surface area contributed by atoms with Gasteiger partial charge in [-0.15, -0.1) is 0 Å². The number of aromatic nitrogens is 2. The van der Waals surface area contributed by atoms with Crippen molar-refractivity contribution in [2.45, 2.75) is 58.8 Å². The molecule has 8 nitrogen and oxygen atoms in total. The predicted molar refractivity (Wildman–Crippen MR) is 118 cm³/mol. The summed E-state index contributed by atoms with van der Waals surface area (Å²) in [5.41, 5.74) is 2.94. The second kappa shape index (κ2) is 9.13. The van der Waals surface area contributed by atoms with Gasteiger partial charge in [0.25, 0.3) is 11.8 Å². The first-order valence-corrected chi connectivity index (χ1v) is 11.2. The van der Waals surface area contributed by atoms with Gasteiger partial charge < -0.3 is 19.5 Å². The lowest BCUT2D eigenvalue weighted by Gasteiger charge is -2.24. The van der Waals surface area contributed by atoms with E-state index in [9.17, 15) is 9.59 Å². The van der Waals surface area contributed by atoms with E-state index in [1.165, 1.54) is 0 Å². The van der Waals surface area contributed by atoms with Gasteiger partial charge in [-0.1, -0.05) is 19.9 Å². The molecule has 0 spiro atoms. The minimum absolute atomic E-state index is 0.0195. The summed E-state index contributed by atoms with van der Waals surface area (Å²) in [7, 11) is 0. The maximum atomic E-state index is 13.4. The van der Waals surface area contributed by atoms with Gasteiger partial charge in [-0.25, -0.2) is 4.98 Å². The molecular formula is C24H29N5O3. The number of carbonyl (C=O) groups excluding carboxylic acids is 2. The van der Waals surface area contributed by atoms with Gasteiger partial charge in [0.05, 0.1) is 30.5 Å². The fourth-order valence-electron chi connectivity index (χ4n) is 4.59. The zero-order valence-electron chi connectivity index (χ0n) is 18.8. The van der Waals surface area contributed by atoms with E-state index >= 15 is 0 Å². The van der Waals surface area contributed by atoms with E-state index in [1.54, 1.807) is 18.3 Å². The Balaban J connectivity index is 1.63. The molecule has 0 aliphatic carbocycles. The molecule has 0 radical (unpaired) electrons. The normalized spacial score (nSPS) is 18.8. The zero-order valence-corrected chi connectivity index (χ0v) is 18.8. The molecule has 1 N–H and O–H groups in total. The molecule has 4 heterocycles. The second-order valence-electron chi connectivity index (χ2n) is 8.87. The molecule has 2 aliphatic rings. The lowest BCUT2D eigenvalue weighted by molar-refractivity contribution is 0.0683. The highest BCUT2D eigenvalue weighted by Gasteiger charge is 2.32. The molecule has 2 amide bonds. The molecule has 2 unspecified atom stereocenters. The minimum Gasteiger partial charge on any atom is -0.373 e. The van der Waals surface area contributed by atoms with Crippen molar-refractivity contribution in [3.8, 4) is 6.07 Å². The summed E-state index contributed by atoms with van der Waals surface area (Å²) in [6.45, 7) is 8.23. The van der Waals surface area contributed by atoms with E-state index in [2.05, 4.69) is 17.2 Å². The number of hydrogen-bond donors (Lipinski definition) is 1. The molecule has 1 saturated heterocycles. The van der Waals surface area contributed by atoms with Crippen LogP contribution in [0.5, 0.6) is 0 Å². The van der Waals surface area contributed by atoms with E-state index < -0.39 is 0 Å². The number of carbonyl (C=O) groups is 2. The Kier molecular flexibility index (Phi) is 6.28. The quantitative estimate of drug-likeness (QED) is 0.778. The van der Waals surface area contributed by atoms with Gasteiger partial charge in [-0.05, 0) is 43.4 Å². The second-order valence-corrected chi connectivity index (χ2v) is 8.87. The summed E-state index contributed by atoms with van der Waals surface area (Å²) >= 11 is 0. The van der Waals surface area contributed by atoms with E-state index in [-0.39, 0.29) is 29.8 Å². The molecule has 168 valence electrons. The van der Waals surface area contributed by atoms with E-state index in [1.807, 2.05) is 35.5 Å². The van der Waals surface area contributed by atoms with Crippen LogP contribution in [0, 0.1) is 17.2 Å². The molecule has 2 aromatic rings. The maximum Gasteiger partial charge on any atom is 0.270 e. The number of nitrogens with one attached hydrogen (secondary N) is 1. The molecule has 0 aromatic carbocycles. The summed E-state index contributed by atoms with van der Waals surface area (Å²) in [6.07, 6.45) is 3.64. The monoisotopic (exact) mass is 435 g/mol. The minimum atomic E-state index is -0.277. The number of hydrogen-bond acceptors (Lipinski definition) is 5. The van der Waals surface area contributed by atoms with Crippen LogP contribution in [0.25, 0.3) is 0 Å². The fourth-order valence-corrected chi connectivity index (χ4v) is 4.59. The maximum absolute atomic E-state index is 13.4. The van der Waals surface area contributed by atoms with Crippen LogP contribution in [0.2, 0.25) is 0 Å². The van der Waals surface area contributed by atoms with Crippen molar-refractivity contribution < 1.29 is 14.3 Å². The highest BCUT2D eigenvalue weighted by molar-refractivity contribution is 6.01. The van der Waals surface area contributed by atoms with Gasteiger partial charge in [0.1, 0.15) is 17.5 Å². The SMILES string of the molecule is CC(C)C(NC(=O)c1cc(C(=O)N2CCCC2C)n2c1COCC2)c1ccc(C#N)nc1. The van der Waals surface area contributed by atoms with Gasteiger partial charge >= 0.3 is 0 Å². The first-order valence-electron chi connectivity index (χ1n) is 11.2. The summed E-state index contributed by atoms with van der Waals surface area (Å²) in [5.74, 6) is -0.153. The molecule has 8 heteroatoms. The molecule has 0 bridgehead atoms. The smallest absolute Gasteiger partial charge is 0.270 e. The van der Waals surface area contributed by atoms with Crippen LogP contribution in [0.15, 0.2) is 24.4 Å². The van der Waals surface area contributed by atoms with Crippen LogP contribution in [0.1, 0.15) is 77.5 Å². The van der Waals surface area contributed by atoms with Crippen LogP contribution < -0.4 is 5.32 Å². The first kappa shape index (κ1) is 22.0. The Morgan fingerprint density at radius 2 is 2.12 bits per heavy atom. The number of rotatable bonds is 5. The standard InChI is InChI=1S/C24H29N5O3/c1-15(2)22(17-6-7-18(12-25)26-13-17)27-23(30)19-11-20(29-9-10-32-14-21(19)29)24(31)28-8-4-5-16(28)3/h6-7,11,13,15-16,22H,4-5,8-10,14H2,1-3H3,(H,27,30). The average molecular weight is 436 g/mol. The Hall–Kier alpha value is -3.18. The molecule has 0 saturated carbocycles. The summed E-state index contributed by atoms with van der Waals surface area (Å²) in [6, 6.07) is 7.14. The van der Waals surface area contributed by atoms with Gasteiger partial charge in [-0.2, -0.15) is 5.26 Å². The van der Waals surface area contributed by atoms with Crippen LogP contribution >= 0.6 is 0 Å². The summed E-state index contributed by atoms with van der Waals surface area (Å²) in [4.78, 5) is 32.7. The highest BCUT2D eigenvalue weighted by atomic mass is 16.5. The van der Waals surface area contributed by atoms with E-state index in [0.29, 0.717) is 36.7 Å². The lowest BCUT2D eigenvalue weighted by Crippen LogP contribution is -2.35. The number of nitriles is 1. The van der Waals surface area contributed by atoms with Crippen molar-refractivity contribution in [2.24, 2.45) is 5.92 Å². The number of nitrogens with zero attached hydrogens (tertiary/aromatic N) is 4.